The Bertz CT molecular complexity index is 646. The average molecular weight is 370 g/mol. The summed E-state index contributed by atoms with van der Waals surface area (Å²) in [5.74, 6) is -1.10. The molecule has 1 heterocycles. The molecule has 1 aromatic carbocycles. The standard InChI is InChI=1S/C13H12BrN3O3S/c14-8-1-2-11(10(5-8)12(18)19)17-13(20)15-4-3-9-6-21-7-16-9/h1-2,5-7H,3-4H2,(H,18,19)(H2,15,17,20). The maximum absolute atomic E-state index is 11.8. The number of amides is 2. The van der Waals surface area contributed by atoms with E-state index in [-0.39, 0.29) is 11.3 Å². The van der Waals surface area contributed by atoms with Gasteiger partial charge in [-0.2, -0.15) is 0 Å². The summed E-state index contributed by atoms with van der Waals surface area (Å²) in [5, 5.41) is 16.2. The Labute approximate surface area is 133 Å². The van der Waals surface area contributed by atoms with Crippen LogP contribution in [0.4, 0.5) is 10.5 Å². The van der Waals surface area contributed by atoms with Crippen molar-refractivity contribution in [2.75, 3.05) is 11.9 Å². The maximum Gasteiger partial charge on any atom is 0.337 e. The number of carbonyl (C=O) groups excluding carboxylic acids is 1. The average Bonchev–Trinajstić information content (AvgIpc) is 2.94. The summed E-state index contributed by atoms with van der Waals surface area (Å²) in [6.07, 6.45) is 0.628. The van der Waals surface area contributed by atoms with Crippen LogP contribution in [0, 0.1) is 0 Å². The minimum Gasteiger partial charge on any atom is -0.478 e. The Kier molecular flexibility index (Phi) is 5.29. The van der Waals surface area contributed by atoms with Crippen molar-refractivity contribution in [1.29, 1.82) is 0 Å². The van der Waals surface area contributed by atoms with Crippen LogP contribution in [0.3, 0.4) is 0 Å². The van der Waals surface area contributed by atoms with E-state index in [2.05, 4.69) is 31.5 Å². The number of carboxylic acid groups (broad SMARTS) is 1. The van der Waals surface area contributed by atoms with E-state index < -0.39 is 12.0 Å². The van der Waals surface area contributed by atoms with Crippen molar-refractivity contribution in [2.24, 2.45) is 0 Å². The molecule has 0 unspecified atom stereocenters. The monoisotopic (exact) mass is 369 g/mol. The lowest BCUT2D eigenvalue weighted by Crippen LogP contribution is -2.31. The lowest BCUT2D eigenvalue weighted by Gasteiger charge is -2.10. The second kappa shape index (κ2) is 7.19. The smallest absolute Gasteiger partial charge is 0.337 e. The van der Waals surface area contributed by atoms with E-state index in [0.29, 0.717) is 17.4 Å². The van der Waals surface area contributed by atoms with Crippen molar-refractivity contribution in [2.45, 2.75) is 6.42 Å². The zero-order chi connectivity index (χ0) is 15.2. The molecule has 3 N–H and O–H groups in total. The Balaban J connectivity index is 1.92. The largest absolute Gasteiger partial charge is 0.478 e. The van der Waals surface area contributed by atoms with Gasteiger partial charge in [-0.05, 0) is 18.2 Å². The SMILES string of the molecule is O=C(NCCc1cscn1)Nc1ccc(Br)cc1C(=O)O. The second-order valence-corrected chi connectivity index (χ2v) is 5.74. The van der Waals surface area contributed by atoms with Gasteiger partial charge in [0, 0.05) is 22.8 Å². The molecule has 1 aromatic heterocycles. The molecule has 8 heteroatoms. The number of urea groups is 1. The molecule has 2 amide bonds. The highest BCUT2D eigenvalue weighted by atomic mass is 79.9. The minimum absolute atomic E-state index is 0.0269. The van der Waals surface area contributed by atoms with Crippen molar-refractivity contribution in [1.82, 2.24) is 10.3 Å². The number of rotatable bonds is 5. The first-order chi connectivity index (χ1) is 10.1. The van der Waals surface area contributed by atoms with Gasteiger partial charge in [0.2, 0.25) is 0 Å². The zero-order valence-electron chi connectivity index (χ0n) is 10.8. The second-order valence-electron chi connectivity index (χ2n) is 4.11. The summed E-state index contributed by atoms with van der Waals surface area (Å²) in [6, 6.07) is 4.19. The summed E-state index contributed by atoms with van der Waals surface area (Å²) in [6.45, 7) is 0.425. The van der Waals surface area contributed by atoms with Gasteiger partial charge in [-0.25, -0.2) is 14.6 Å². The number of carboxylic acids is 1. The topological polar surface area (TPSA) is 91.3 Å². The fourth-order valence-electron chi connectivity index (χ4n) is 1.63. The number of hydrogen-bond acceptors (Lipinski definition) is 4. The maximum atomic E-state index is 11.8. The Hall–Kier alpha value is -1.93. The van der Waals surface area contributed by atoms with Gasteiger partial charge in [0.25, 0.3) is 0 Å². The first-order valence-corrected chi connectivity index (χ1v) is 7.74. The molecule has 0 atom stereocenters. The Morgan fingerprint density at radius 1 is 1.38 bits per heavy atom. The molecule has 2 rings (SSSR count). The first kappa shape index (κ1) is 15.5. The molecule has 0 saturated heterocycles. The van der Waals surface area contributed by atoms with Crippen LogP contribution in [0.15, 0.2) is 33.6 Å². The van der Waals surface area contributed by atoms with Gasteiger partial charge in [0.15, 0.2) is 0 Å². The summed E-state index contributed by atoms with van der Waals surface area (Å²) < 4.78 is 0.634. The van der Waals surface area contributed by atoms with Crippen LogP contribution >= 0.6 is 27.3 Å². The molecule has 0 radical (unpaired) electrons. The summed E-state index contributed by atoms with van der Waals surface area (Å²) in [4.78, 5) is 27.0. The first-order valence-electron chi connectivity index (χ1n) is 6.01. The molecule has 0 saturated carbocycles. The molecule has 6 nitrogen and oxygen atoms in total. The van der Waals surface area contributed by atoms with Crippen LogP contribution in [-0.4, -0.2) is 28.6 Å². The van der Waals surface area contributed by atoms with Crippen molar-refractivity contribution in [3.8, 4) is 0 Å². The van der Waals surface area contributed by atoms with Gasteiger partial charge >= 0.3 is 12.0 Å². The van der Waals surface area contributed by atoms with Crippen LogP contribution in [-0.2, 0) is 6.42 Å². The molecule has 0 aliphatic rings. The lowest BCUT2D eigenvalue weighted by molar-refractivity contribution is 0.0698. The summed E-state index contributed by atoms with van der Waals surface area (Å²) >= 11 is 4.70. The normalized spacial score (nSPS) is 10.1. The van der Waals surface area contributed by atoms with Crippen LogP contribution in [0.5, 0.6) is 0 Å². The van der Waals surface area contributed by atoms with E-state index in [9.17, 15) is 9.59 Å². The number of halogens is 1. The highest BCUT2D eigenvalue weighted by Gasteiger charge is 2.12. The van der Waals surface area contributed by atoms with Gasteiger partial charge < -0.3 is 15.7 Å². The van der Waals surface area contributed by atoms with E-state index in [1.807, 2.05) is 5.38 Å². The third kappa shape index (κ3) is 4.54. The number of benzene rings is 1. The number of anilines is 1. The number of nitrogens with one attached hydrogen (secondary N) is 2. The van der Waals surface area contributed by atoms with E-state index in [1.54, 1.807) is 11.6 Å². The van der Waals surface area contributed by atoms with Crippen molar-refractivity contribution < 1.29 is 14.7 Å². The highest BCUT2D eigenvalue weighted by Crippen LogP contribution is 2.21. The van der Waals surface area contributed by atoms with Crippen molar-refractivity contribution in [3.63, 3.8) is 0 Å². The van der Waals surface area contributed by atoms with Crippen LogP contribution in [0.25, 0.3) is 0 Å². The van der Waals surface area contributed by atoms with Gasteiger partial charge in [-0.1, -0.05) is 15.9 Å². The molecular formula is C13H12BrN3O3S. The predicted octanol–water partition coefficient (Wildman–Crippen LogP) is 2.97. The number of nitrogens with zero attached hydrogens (tertiary/aromatic N) is 1. The van der Waals surface area contributed by atoms with Crippen LogP contribution < -0.4 is 10.6 Å². The number of aromatic nitrogens is 1. The van der Waals surface area contributed by atoms with Crippen LogP contribution in [0.2, 0.25) is 0 Å². The van der Waals surface area contributed by atoms with E-state index in [1.165, 1.54) is 23.5 Å². The van der Waals surface area contributed by atoms with E-state index in [4.69, 9.17) is 5.11 Å². The highest BCUT2D eigenvalue weighted by molar-refractivity contribution is 9.10. The summed E-state index contributed by atoms with van der Waals surface area (Å²) in [7, 11) is 0. The quantitative estimate of drug-likeness (QED) is 0.755. The van der Waals surface area contributed by atoms with Crippen LogP contribution in [0.1, 0.15) is 16.1 Å². The zero-order valence-corrected chi connectivity index (χ0v) is 13.2. The molecule has 0 spiro atoms. The van der Waals surface area contributed by atoms with Crippen molar-refractivity contribution in [3.05, 3.63) is 44.8 Å². The molecule has 0 bridgehead atoms. The molecule has 0 aliphatic heterocycles. The molecule has 2 aromatic rings. The van der Waals surface area contributed by atoms with Gasteiger partial charge in [0.1, 0.15) is 0 Å². The number of aromatic carboxylic acids is 1. The fraction of sp³-hybridized carbons (Fsp3) is 0.154. The third-order valence-corrected chi connectivity index (χ3v) is 3.74. The number of hydrogen-bond donors (Lipinski definition) is 3. The van der Waals surface area contributed by atoms with Gasteiger partial charge in [-0.3, -0.25) is 0 Å². The Morgan fingerprint density at radius 2 is 2.19 bits per heavy atom. The summed E-state index contributed by atoms with van der Waals surface area (Å²) in [5.41, 5.74) is 2.92. The number of carbonyl (C=O) groups is 2. The van der Waals surface area contributed by atoms with Gasteiger partial charge in [0.05, 0.1) is 22.5 Å². The minimum atomic E-state index is -1.10. The van der Waals surface area contributed by atoms with E-state index in [0.717, 1.165) is 5.69 Å². The molecular weight excluding hydrogens is 358 g/mol. The third-order valence-electron chi connectivity index (χ3n) is 2.61. The fourth-order valence-corrected chi connectivity index (χ4v) is 2.59. The number of thiazole rings is 1. The van der Waals surface area contributed by atoms with Crippen molar-refractivity contribution >= 4 is 45.0 Å². The van der Waals surface area contributed by atoms with Gasteiger partial charge in [-0.15, -0.1) is 11.3 Å². The molecule has 0 fully saturated rings. The Morgan fingerprint density at radius 3 is 2.86 bits per heavy atom. The molecule has 110 valence electrons. The predicted molar refractivity (Wildman–Crippen MR) is 83.9 cm³/mol. The van der Waals surface area contributed by atoms with E-state index >= 15 is 0 Å². The lowest BCUT2D eigenvalue weighted by atomic mass is 10.2. The molecule has 0 aliphatic carbocycles. The molecule has 21 heavy (non-hydrogen) atoms.